The molecule has 1 aliphatic heterocycles. The van der Waals surface area contributed by atoms with Crippen molar-refractivity contribution in [2.24, 2.45) is 5.92 Å². The van der Waals surface area contributed by atoms with Crippen LogP contribution in [0.4, 0.5) is 0 Å². The number of likely N-dealkylation sites (tertiary alicyclic amines) is 1. The van der Waals surface area contributed by atoms with E-state index in [9.17, 15) is 9.59 Å². The molecule has 1 fully saturated rings. The van der Waals surface area contributed by atoms with Gasteiger partial charge in [-0.2, -0.15) is 0 Å². The maximum Gasteiger partial charge on any atom is 0.246 e. The Morgan fingerprint density at radius 1 is 1.35 bits per heavy atom. The fraction of sp³-hybridized carbons (Fsp3) is 0.867. The summed E-state index contributed by atoms with van der Waals surface area (Å²) < 4.78 is 0. The van der Waals surface area contributed by atoms with Gasteiger partial charge in [0.2, 0.25) is 11.8 Å². The van der Waals surface area contributed by atoms with Crippen molar-refractivity contribution in [3.05, 3.63) is 0 Å². The van der Waals surface area contributed by atoms with Crippen LogP contribution in [0.2, 0.25) is 0 Å². The van der Waals surface area contributed by atoms with E-state index in [1.54, 1.807) is 0 Å². The van der Waals surface area contributed by atoms with Gasteiger partial charge in [0.1, 0.15) is 0 Å². The third-order valence-corrected chi connectivity index (χ3v) is 3.47. The van der Waals surface area contributed by atoms with Gasteiger partial charge in [-0.05, 0) is 32.9 Å². The van der Waals surface area contributed by atoms with E-state index in [0.29, 0.717) is 18.9 Å². The fourth-order valence-electron chi connectivity index (χ4n) is 2.76. The third-order valence-electron chi connectivity index (χ3n) is 3.47. The normalized spacial score (nSPS) is 21.4. The minimum absolute atomic E-state index is 0.0394. The van der Waals surface area contributed by atoms with Crippen LogP contribution in [0.3, 0.4) is 0 Å². The molecule has 1 aliphatic rings. The molecule has 116 valence electrons. The van der Waals surface area contributed by atoms with Gasteiger partial charge in [0.25, 0.3) is 0 Å². The first-order chi connectivity index (χ1) is 9.35. The van der Waals surface area contributed by atoms with Crippen LogP contribution in [0.5, 0.6) is 0 Å². The predicted molar refractivity (Wildman–Crippen MR) is 80.3 cm³/mol. The maximum atomic E-state index is 12.2. The minimum Gasteiger partial charge on any atom is -0.308 e. The summed E-state index contributed by atoms with van der Waals surface area (Å²) in [6.07, 6.45) is 2.13. The monoisotopic (exact) mass is 283 g/mol. The molecule has 0 aromatic heterocycles. The molecule has 5 heteroatoms. The summed E-state index contributed by atoms with van der Waals surface area (Å²) in [5.41, 5.74) is 0. The van der Waals surface area contributed by atoms with E-state index in [0.717, 1.165) is 19.4 Å². The van der Waals surface area contributed by atoms with Crippen LogP contribution in [-0.4, -0.2) is 60.9 Å². The lowest BCUT2D eigenvalue weighted by atomic mass is 10.0. The molecular formula is C15H29N3O2. The second kappa shape index (κ2) is 7.74. The zero-order valence-electron chi connectivity index (χ0n) is 13.5. The Morgan fingerprint density at radius 2 is 2.00 bits per heavy atom. The van der Waals surface area contributed by atoms with Crippen LogP contribution in [0.25, 0.3) is 0 Å². The smallest absolute Gasteiger partial charge is 0.246 e. The maximum absolute atomic E-state index is 12.2. The zero-order valence-corrected chi connectivity index (χ0v) is 13.5. The summed E-state index contributed by atoms with van der Waals surface area (Å²) in [6.45, 7) is 7.75. The van der Waals surface area contributed by atoms with Crippen molar-refractivity contribution in [1.82, 2.24) is 15.1 Å². The summed E-state index contributed by atoms with van der Waals surface area (Å²) in [7, 11) is 4.06. The van der Waals surface area contributed by atoms with Gasteiger partial charge in [-0.15, -0.1) is 0 Å². The van der Waals surface area contributed by atoms with E-state index in [1.165, 1.54) is 4.90 Å². The van der Waals surface area contributed by atoms with Gasteiger partial charge in [-0.25, -0.2) is 0 Å². The first-order valence-electron chi connectivity index (χ1n) is 7.60. The molecule has 2 atom stereocenters. The molecule has 1 rings (SSSR count). The van der Waals surface area contributed by atoms with Crippen molar-refractivity contribution >= 4 is 11.8 Å². The molecular weight excluding hydrogens is 254 g/mol. The molecule has 0 radical (unpaired) electrons. The van der Waals surface area contributed by atoms with E-state index in [1.807, 2.05) is 21.0 Å². The Labute approximate surface area is 122 Å². The molecule has 0 bridgehead atoms. The second-order valence-corrected chi connectivity index (χ2v) is 6.40. The van der Waals surface area contributed by atoms with E-state index in [4.69, 9.17) is 0 Å². The van der Waals surface area contributed by atoms with Gasteiger partial charge >= 0.3 is 0 Å². The molecule has 0 saturated carbocycles. The molecule has 2 amide bonds. The lowest BCUT2D eigenvalue weighted by Gasteiger charge is -2.26. The van der Waals surface area contributed by atoms with Crippen molar-refractivity contribution in [2.45, 2.75) is 52.1 Å². The van der Waals surface area contributed by atoms with Gasteiger partial charge in [0, 0.05) is 19.1 Å². The van der Waals surface area contributed by atoms with E-state index in [2.05, 4.69) is 24.1 Å². The fourth-order valence-corrected chi connectivity index (χ4v) is 2.76. The molecule has 0 aromatic rings. The van der Waals surface area contributed by atoms with E-state index < -0.39 is 0 Å². The van der Waals surface area contributed by atoms with Gasteiger partial charge in [0.15, 0.2) is 0 Å². The highest BCUT2D eigenvalue weighted by molar-refractivity contribution is 6.05. The van der Waals surface area contributed by atoms with Gasteiger partial charge in [-0.1, -0.05) is 20.8 Å². The Morgan fingerprint density at radius 3 is 2.50 bits per heavy atom. The van der Waals surface area contributed by atoms with Crippen LogP contribution in [-0.2, 0) is 9.59 Å². The summed E-state index contributed by atoms with van der Waals surface area (Å²) in [5.74, 6) is 0.471. The average Bonchev–Trinajstić information content (AvgIpc) is 2.55. The van der Waals surface area contributed by atoms with Crippen LogP contribution in [0, 0.1) is 5.92 Å². The summed E-state index contributed by atoms with van der Waals surface area (Å²) in [6, 6.07) is -0.0916. The summed E-state index contributed by atoms with van der Waals surface area (Å²) >= 11 is 0. The molecule has 5 nitrogen and oxygen atoms in total. The number of amides is 2. The first-order valence-corrected chi connectivity index (χ1v) is 7.60. The molecule has 1 saturated heterocycles. The number of rotatable bonds is 8. The van der Waals surface area contributed by atoms with Crippen molar-refractivity contribution < 1.29 is 9.59 Å². The quantitative estimate of drug-likeness (QED) is 0.678. The van der Waals surface area contributed by atoms with Crippen LogP contribution >= 0.6 is 0 Å². The first kappa shape index (κ1) is 17.1. The van der Waals surface area contributed by atoms with Gasteiger partial charge < -0.3 is 10.2 Å². The topological polar surface area (TPSA) is 52.7 Å². The van der Waals surface area contributed by atoms with Crippen LogP contribution in [0.1, 0.15) is 40.0 Å². The lowest BCUT2D eigenvalue weighted by molar-refractivity contribution is -0.138. The highest BCUT2D eigenvalue weighted by Crippen LogP contribution is 2.16. The number of likely N-dealkylation sites (N-methyl/N-ethyl adjacent to an activating group) is 1. The van der Waals surface area contributed by atoms with Crippen LogP contribution < -0.4 is 5.32 Å². The van der Waals surface area contributed by atoms with Crippen molar-refractivity contribution in [3.63, 3.8) is 0 Å². The Hall–Kier alpha value is -0.940. The highest BCUT2D eigenvalue weighted by Gasteiger charge is 2.38. The van der Waals surface area contributed by atoms with Crippen LogP contribution in [0.15, 0.2) is 0 Å². The molecule has 0 aliphatic carbocycles. The highest BCUT2D eigenvalue weighted by atomic mass is 16.2. The molecule has 2 unspecified atom stereocenters. The van der Waals surface area contributed by atoms with Gasteiger partial charge in [0.05, 0.1) is 12.5 Å². The van der Waals surface area contributed by atoms with Crippen molar-refractivity contribution in [2.75, 3.05) is 27.2 Å². The lowest BCUT2D eigenvalue weighted by Crippen LogP contribution is -2.48. The molecule has 1 heterocycles. The number of carbonyl (C=O) groups excluding carboxylic acids is 2. The number of nitrogens with zero attached hydrogens (tertiary/aromatic N) is 2. The van der Waals surface area contributed by atoms with Gasteiger partial charge in [-0.3, -0.25) is 14.5 Å². The van der Waals surface area contributed by atoms with E-state index >= 15 is 0 Å². The number of imide groups is 1. The van der Waals surface area contributed by atoms with Crippen molar-refractivity contribution in [1.29, 1.82) is 0 Å². The number of nitrogens with one attached hydrogen (secondary N) is 1. The SMILES string of the molecule is CCCN1C(=O)CC(NC(CC(C)C)CN(C)C)C1=O. The molecule has 20 heavy (non-hydrogen) atoms. The molecule has 1 N–H and O–H groups in total. The number of hydrogen-bond acceptors (Lipinski definition) is 4. The number of carbonyl (C=O) groups is 2. The second-order valence-electron chi connectivity index (χ2n) is 6.40. The minimum atomic E-state index is -0.335. The largest absolute Gasteiger partial charge is 0.308 e. The Balaban J connectivity index is 2.64. The Bertz CT molecular complexity index is 332. The predicted octanol–water partition coefficient (Wildman–Crippen LogP) is 1.09. The van der Waals surface area contributed by atoms with E-state index in [-0.39, 0.29) is 23.9 Å². The van der Waals surface area contributed by atoms with Crippen molar-refractivity contribution in [3.8, 4) is 0 Å². The summed E-state index contributed by atoms with van der Waals surface area (Å²) in [5, 5.41) is 3.39. The Kier molecular flexibility index (Phi) is 6.62. The number of hydrogen-bond donors (Lipinski definition) is 1. The standard InChI is InChI=1S/C15H29N3O2/c1-6-7-18-14(19)9-13(15(18)20)16-12(8-11(2)3)10-17(4)5/h11-13,16H,6-10H2,1-5H3. The molecule has 0 aromatic carbocycles. The zero-order chi connectivity index (χ0) is 15.3. The average molecular weight is 283 g/mol. The summed E-state index contributed by atoms with van der Waals surface area (Å²) in [4.78, 5) is 27.6. The molecule has 0 spiro atoms. The third kappa shape index (κ3) is 4.87.